The van der Waals surface area contributed by atoms with Crippen molar-refractivity contribution in [2.75, 3.05) is 37.7 Å². The van der Waals surface area contributed by atoms with Crippen LogP contribution in [0.5, 0.6) is 0 Å². The molecule has 6 nitrogen and oxygen atoms in total. The Labute approximate surface area is 167 Å². The summed E-state index contributed by atoms with van der Waals surface area (Å²) >= 11 is 0. The number of pyridine rings is 1. The Kier molecular flexibility index (Phi) is 8.21. The molecule has 0 aromatic carbocycles. The molecule has 1 aliphatic carbocycles. The number of aromatic nitrogens is 1. The highest BCUT2D eigenvalue weighted by Crippen LogP contribution is 2.27. The first-order valence-electron chi connectivity index (χ1n) is 9.08. The summed E-state index contributed by atoms with van der Waals surface area (Å²) in [6.45, 7) is 9.33. The van der Waals surface area contributed by atoms with E-state index in [1.165, 1.54) is 12.8 Å². The molecule has 1 unspecified atom stereocenters. The highest BCUT2D eigenvalue weighted by atomic mass is 127. The van der Waals surface area contributed by atoms with Crippen LogP contribution in [-0.2, 0) is 11.3 Å². The van der Waals surface area contributed by atoms with Crippen molar-refractivity contribution in [3.8, 4) is 0 Å². The first-order chi connectivity index (χ1) is 11.7. The van der Waals surface area contributed by atoms with Gasteiger partial charge in [0.05, 0.1) is 19.3 Å². The van der Waals surface area contributed by atoms with Gasteiger partial charge in [0.25, 0.3) is 0 Å². The zero-order valence-electron chi connectivity index (χ0n) is 15.2. The van der Waals surface area contributed by atoms with Crippen molar-refractivity contribution in [1.29, 1.82) is 0 Å². The van der Waals surface area contributed by atoms with Gasteiger partial charge >= 0.3 is 0 Å². The lowest BCUT2D eigenvalue weighted by Crippen LogP contribution is -2.41. The fraction of sp³-hybridized carbons (Fsp3) is 0.667. The zero-order valence-corrected chi connectivity index (χ0v) is 17.5. The van der Waals surface area contributed by atoms with E-state index in [1.54, 1.807) is 0 Å². The van der Waals surface area contributed by atoms with Crippen molar-refractivity contribution < 1.29 is 4.74 Å². The second-order valence-corrected chi connectivity index (χ2v) is 6.67. The van der Waals surface area contributed by atoms with Gasteiger partial charge in [-0.2, -0.15) is 0 Å². The summed E-state index contributed by atoms with van der Waals surface area (Å²) in [5.74, 6) is 2.76. The van der Waals surface area contributed by atoms with Crippen LogP contribution in [0.2, 0.25) is 0 Å². The smallest absolute Gasteiger partial charge is 0.191 e. The summed E-state index contributed by atoms with van der Waals surface area (Å²) in [4.78, 5) is 11.5. The number of hydrogen-bond acceptors (Lipinski definition) is 4. The summed E-state index contributed by atoms with van der Waals surface area (Å²) in [5, 5.41) is 6.72. The fourth-order valence-corrected chi connectivity index (χ4v) is 2.80. The summed E-state index contributed by atoms with van der Waals surface area (Å²) in [6, 6.07) is 4.21. The average Bonchev–Trinajstić information content (AvgIpc) is 3.42. The summed E-state index contributed by atoms with van der Waals surface area (Å²) in [5.41, 5.74) is 1.13. The summed E-state index contributed by atoms with van der Waals surface area (Å²) in [7, 11) is 0. The summed E-state index contributed by atoms with van der Waals surface area (Å²) in [6.07, 6.45) is 4.89. The van der Waals surface area contributed by atoms with E-state index in [0.717, 1.165) is 56.0 Å². The lowest BCUT2D eigenvalue weighted by atomic mass is 10.2. The topological polar surface area (TPSA) is 61.8 Å². The molecule has 1 aromatic heterocycles. The Morgan fingerprint density at radius 3 is 2.84 bits per heavy atom. The number of nitrogens with zero attached hydrogens (tertiary/aromatic N) is 3. The minimum atomic E-state index is 0. The van der Waals surface area contributed by atoms with Crippen molar-refractivity contribution in [3.05, 3.63) is 23.9 Å². The second-order valence-electron chi connectivity index (χ2n) is 6.67. The molecule has 0 bridgehead atoms. The predicted molar refractivity (Wildman–Crippen MR) is 113 cm³/mol. The van der Waals surface area contributed by atoms with Crippen molar-refractivity contribution in [1.82, 2.24) is 15.6 Å². The maximum atomic E-state index is 5.58. The third kappa shape index (κ3) is 6.62. The van der Waals surface area contributed by atoms with Crippen molar-refractivity contribution >= 4 is 35.8 Å². The van der Waals surface area contributed by atoms with Crippen LogP contribution in [0.3, 0.4) is 0 Å². The van der Waals surface area contributed by atoms with Gasteiger partial charge in [-0.15, -0.1) is 24.0 Å². The molecule has 1 saturated heterocycles. The van der Waals surface area contributed by atoms with E-state index in [9.17, 15) is 0 Å². The zero-order chi connectivity index (χ0) is 16.8. The van der Waals surface area contributed by atoms with Crippen molar-refractivity contribution in [3.63, 3.8) is 0 Å². The van der Waals surface area contributed by atoms with Crippen LogP contribution in [0.25, 0.3) is 0 Å². The molecule has 2 heterocycles. The summed E-state index contributed by atoms with van der Waals surface area (Å²) < 4.78 is 5.58. The van der Waals surface area contributed by atoms with E-state index >= 15 is 0 Å². The molecule has 2 aliphatic rings. The molecule has 2 fully saturated rings. The number of guanidine groups is 1. The minimum Gasteiger partial charge on any atom is -0.375 e. The third-order valence-electron chi connectivity index (χ3n) is 4.39. The Bertz CT molecular complexity index is 547. The van der Waals surface area contributed by atoms with Gasteiger partial charge in [-0.3, -0.25) is 0 Å². The van der Waals surface area contributed by atoms with Crippen LogP contribution >= 0.6 is 24.0 Å². The number of anilines is 1. The third-order valence-corrected chi connectivity index (χ3v) is 4.39. The molecule has 0 amide bonds. The Balaban J connectivity index is 0.00000225. The van der Waals surface area contributed by atoms with E-state index in [0.29, 0.717) is 6.54 Å². The van der Waals surface area contributed by atoms with E-state index in [1.807, 2.05) is 6.20 Å². The van der Waals surface area contributed by atoms with Gasteiger partial charge in [-0.25, -0.2) is 9.98 Å². The minimum absolute atomic E-state index is 0. The van der Waals surface area contributed by atoms with Crippen LogP contribution in [0, 0.1) is 5.92 Å². The van der Waals surface area contributed by atoms with E-state index in [4.69, 9.17) is 4.74 Å². The largest absolute Gasteiger partial charge is 0.375 e. The van der Waals surface area contributed by atoms with E-state index < -0.39 is 0 Å². The predicted octanol–water partition coefficient (Wildman–Crippen LogP) is 2.39. The molecular formula is C18H30IN5O. The van der Waals surface area contributed by atoms with Gasteiger partial charge in [-0.1, -0.05) is 6.07 Å². The number of nitrogens with one attached hydrogen (secondary N) is 2. The number of rotatable bonds is 6. The monoisotopic (exact) mass is 459 g/mol. The molecule has 25 heavy (non-hydrogen) atoms. The molecule has 1 aromatic rings. The second kappa shape index (κ2) is 10.2. The molecular weight excluding hydrogens is 429 g/mol. The molecule has 1 atom stereocenters. The number of hydrogen-bond donors (Lipinski definition) is 2. The van der Waals surface area contributed by atoms with Crippen molar-refractivity contribution in [2.45, 2.75) is 39.3 Å². The van der Waals surface area contributed by atoms with E-state index in [2.05, 4.69) is 51.5 Å². The fourth-order valence-electron chi connectivity index (χ4n) is 2.80. The molecule has 2 N–H and O–H groups in total. The number of ether oxygens (including phenoxy) is 1. The van der Waals surface area contributed by atoms with Crippen LogP contribution in [0.15, 0.2) is 23.3 Å². The maximum absolute atomic E-state index is 5.58. The lowest BCUT2D eigenvalue weighted by molar-refractivity contribution is 0.0529. The molecule has 140 valence electrons. The quantitative estimate of drug-likeness (QED) is 0.389. The van der Waals surface area contributed by atoms with Gasteiger partial charge in [-0.05, 0) is 44.2 Å². The molecule has 7 heteroatoms. The first-order valence-corrected chi connectivity index (χ1v) is 9.08. The van der Waals surface area contributed by atoms with Crippen LogP contribution in [0.4, 0.5) is 5.82 Å². The van der Waals surface area contributed by atoms with E-state index in [-0.39, 0.29) is 30.1 Å². The van der Waals surface area contributed by atoms with Gasteiger partial charge in [0.2, 0.25) is 0 Å². The normalized spacial score (nSPS) is 20.8. The number of halogens is 1. The number of aliphatic imine (C=N–C) groups is 1. The van der Waals surface area contributed by atoms with Crippen LogP contribution in [0.1, 0.15) is 32.3 Å². The Hall–Kier alpha value is -1.09. The molecule has 0 spiro atoms. The van der Waals surface area contributed by atoms with Gasteiger partial charge in [0.1, 0.15) is 5.82 Å². The molecule has 1 saturated carbocycles. The Morgan fingerprint density at radius 1 is 1.36 bits per heavy atom. The van der Waals surface area contributed by atoms with Crippen LogP contribution in [-0.4, -0.2) is 49.8 Å². The van der Waals surface area contributed by atoms with Crippen molar-refractivity contribution in [2.24, 2.45) is 10.9 Å². The SMILES string of the molecule is CCNC(=NCc1ccc(N2CCOC(C)C2)nc1)NCC1CC1.I. The molecule has 1 aliphatic heterocycles. The molecule has 0 radical (unpaired) electrons. The number of morpholine rings is 1. The average molecular weight is 459 g/mol. The van der Waals surface area contributed by atoms with Gasteiger partial charge in [0.15, 0.2) is 5.96 Å². The highest BCUT2D eigenvalue weighted by molar-refractivity contribution is 14.0. The highest BCUT2D eigenvalue weighted by Gasteiger charge is 2.21. The van der Waals surface area contributed by atoms with Gasteiger partial charge < -0.3 is 20.3 Å². The molecule has 3 rings (SSSR count). The van der Waals surface area contributed by atoms with Gasteiger partial charge in [0, 0.05) is 32.4 Å². The van der Waals surface area contributed by atoms with Crippen LogP contribution < -0.4 is 15.5 Å². The standard InChI is InChI=1S/C18H29N5O.HI/c1-3-19-18(21-10-15-4-5-15)22-12-16-6-7-17(20-11-16)23-8-9-24-14(2)13-23;/h6-7,11,14-15H,3-5,8-10,12-13H2,1-2H3,(H2,19,21,22);1H. The maximum Gasteiger partial charge on any atom is 0.191 e. The first kappa shape index (κ1) is 20.2. The lowest BCUT2D eigenvalue weighted by Gasteiger charge is -2.32. The Morgan fingerprint density at radius 2 is 2.20 bits per heavy atom.